The molecule has 6 nitrogen and oxygen atoms in total. The van der Waals surface area contributed by atoms with Crippen molar-refractivity contribution in [3.8, 4) is 0 Å². The molecule has 0 saturated heterocycles. The summed E-state index contributed by atoms with van der Waals surface area (Å²) >= 11 is 12.4. The summed E-state index contributed by atoms with van der Waals surface area (Å²) in [7, 11) is 0. The number of hydrogen-bond acceptors (Lipinski definition) is 4. The average molecular weight is 596 g/mol. The fourth-order valence-corrected chi connectivity index (χ4v) is 7.37. The lowest BCUT2D eigenvalue weighted by atomic mass is 9.74. The zero-order valence-electron chi connectivity index (χ0n) is 21.7. The second-order valence-electron chi connectivity index (χ2n) is 11.6. The SMILES string of the molecule is NC(=O)c1cc2c(c(C(F)(F)F)c1)C(O)(c1ccc(Cl)cc1Cl)C(=O)N2CC1CC(N(C2CCC2)C2CCC2)C1. The van der Waals surface area contributed by atoms with E-state index in [1.165, 1.54) is 61.6 Å². The quantitative estimate of drug-likeness (QED) is 0.418. The van der Waals surface area contributed by atoms with Crippen LogP contribution in [0.5, 0.6) is 0 Å². The highest BCUT2D eigenvalue weighted by atomic mass is 35.5. The highest BCUT2D eigenvalue weighted by Gasteiger charge is 2.57. The minimum absolute atomic E-state index is 0.0269. The van der Waals surface area contributed by atoms with Gasteiger partial charge in [-0.2, -0.15) is 13.2 Å². The molecule has 40 heavy (non-hydrogen) atoms. The molecule has 3 N–H and O–H groups in total. The summed E-state index contributed by atoms with van der Waals surface area (Å²) in [4.78, 5) is 29.9. The van der Waals surface area contributed by atoms with Crippen LogP contribution in [-0.2, 0) is 16.6 Å². The Bertz CT molecular complexity index is 1360. The number of nitrogens with zero attached hydrogens (tertiary/aromatic N) is 2. The molecule has 0 bridgehead atoms. The number of benzene rings is 2. The average Bonchev–Trinajstić information content (AvgIpc) is 2.99. The maximum Gasteiger partial charge on any atom is 0.416 e. The number of fused-ring (bicyclic) bond motifs is 1. The van der Waals surface area contributed by atoms with Crippen molar-refractivity contribution in [2.45, 2.75) is 81.3 Å². The first-order valence-electron chi connectivity index (χ1n) is 13.7. The summed E-state index contributed by atoms with van der Waals surface area (Å²) in [5.41, 5.74) is -0.0937. The van der Waals surface area contributed by atoms with Crippen LogP contribution in [0.4, 0.5) is 18.9 Å². The first kappa shape index (κ1) is 27.8. The van der Waals surface area contributed by atoms with E-state index in [1.54, 1.807) is 0 Å². The number of hydrogen-bond donors (Lipinski definition) is 2. The van der Waals surface area contributed by atoms with Crippen LogP contribution in [0.15, 0.2) is 30.3 Å². The van der Waals surface area contributed by atoms with E-state index >= 15 is 0 Å². The maximum absolute atomic E-state index is 14.4. The van der Waals surface area contributed by atoms with Crippen LogP contribution in [-0.4, -0.2) is 46.5 Å². The summed E-state index contributed by atoms with van der Waals surface area (Å²) in [6.45, 7) is 0.110. The van der Waals surface area contributed by atoms with E-state index in [9.17, 15) is 27.9 Å². The van der Waals surface area contributed by atoms with Gasteiger partial charge in [-0.3, -0.25) is 14.5 Å². The van der Waals surface area contributed by atoms with Gasteiger partial charge in [-0.05, 0) is 68.7 Å². The van der Waals surface area contributed by atoms with Gasteiger partial charge in [0.1, 0.15) is 0 Å². The Morgan fingerprint density at radius 3 is 2.17 bits per heavy atom. The molecular weight excluding hydrogens is 566 g/mol. The van der Waals surface area contributed by atoms with E-state index in [1.807, 2.05) is 0 Å². The smallest absolute Gasteiger partial charge is 0.372 e. The van der Waals surface area contributed by atoms with Gasteiger partial charge in [0.05, 0.1) is 11.3 Å². The summed E-state index contributed by atoms with van der Waals surface area (Å²) in [6.07, 6.45) is 3.88. The van der Waals surface area contributed by atoms with E-state index in [4.69, 9.17) is 28.9 Å². The first-order chi connectivity index (χ1) is 18.9. The number of halogens is 5. The first-order valence-corrected chi connectivity index (χ1v) is 14.5. The van der Waals surface area contributed by atoms with Crippen LogP contribution >= 0.6 is 23.2 Å². The zero-order valence-corrected chi connectivity index (χ0v) is 23.2. The van der Waals surface area contributed by atoms with Gasteiger partial charge in [0.25, 0.3) is 5.91 Å². The van der Waals surface area contributed by atoms with Gasteiger partial charge >= 0.3 is 6.18 Å². The minimum Gasteiger partial charge on any atom is -0.372 e. The molecule has 1 aliphatic heterocycles. The van der Waals surface area contributed by atoms with Gasteiger partial charge in [0.2, 0.25) is 5.91 Å². The molecule has 0 spiro atoms. The van der Waals surface area contributed by atoms with Crippen LogP contribution in [0.25, 0.3) is 0 Å². The number of aliphatic hydroxyl groups is 1. The van der Waals surface area contributed by atoms with Crippen molar-refractivity contribution < 1.29 is 27.9 Å². The molecule has 1 unspecified atom stereocenters. The van der Waals surface area contributed by atoms with Gasteiger partial charge in [0.15, 0.2) is 5.60 Å². The Morgan fingerprint density at radius 2 is 1.68 bits per heavy atom. The van der Waals surface area contributed by atoms with Gasteiger partial charge < -0.3 is 15.7 Å². The van der Waals surface area contributed by atoms with E-state index in [0.717, 1.165) is 18.9 Å². The molecule has 11 heteroatoms. The molecular formula is C29H30Cl2F3N3O3. The topological polar surface area (TPSA) is 86.9 Å². The van der Waals surface area contributed by atoms with Crippen molar-refractivity contribution in [1.82, 2.24) is 4.90 Å². The summed E-state index contributed by atoms with van der Waals surface area (Å²) in [6, 6.07) is 7.19. The van der Waals surface area contributed by atoms with Crippen molar-refractivity contribution in [3.05, 3.63) is 62.6 Å². The van der Waals surface area contributed by atoms with Crippen LogP contribution < -0.4 is 10.6 Å². The lowest BCUT2D eigenvalue weighted by Crippen LogP contribution is -2.59. The number of amides is 2. The molecule has 1 atom stereocenters. The predicted molar refractivity (Wildman–Crippen MR) is 145 cm³/mol. The number of carbonyl (C=O) groups excluding carboxylic acids is 2. The van der Waals surface area contributed by atoms with Crippen LogP contribution in [0.3, 0.4) is 0 Å². The van der Waals surface area contributed by atoms with Crippen molar-refractivity contribution in [1.29, 1.82) is 0 Å². The summed E-state index contributed by atoms with van der Waals surface area (Å²) in [5, 5.41) is 12.0. The van der Waals surface area contributed by atoms with Crippen molar-refractivity contribution in [3.63, 3.8) is 0 Å². The van der Waals surface area contributed by atoms with Crippen molar-refractivity contribution in [2.75, 3.05) is 11.4 Å². The Labute approximate surface area is 240 Å². The Morgan fingerprint density at radius 1 is 1.05 bits per heavy atom. The summed E-state index contributed by atoms with van der Waals surface area (Å²) < 4.78 is 43.3. The molecule has 2 amide bonds. The van der Waals surface area contributed by atoms with E-state index in [2.05, 4.69) is 4.90 Å². The molecule has 2 aromatic rings. The molecule has 0 aromatic heterocycles. The summed E-state index contributed by atoms with van der Waals surface area (Å²) in [5.74, 6) is -1.99. The van der Waals surface area contributed by atoms with Gasteiger partial charge in [-0.25, -0.2) is 0 Å². The third-order valence-corrected chi connectivity index (χ3v) is 9.85. The molecule has 1 heterocycles. The number of primary amides is 1. The number of alkyl halides is 3. The van der Waals surface area contributed by atoms with Gasteiger partial charge in [0, 0.05) is 51.4 Å². The monoisotopic (exact) mass is 595 g/mol. The second kappa shape index (κ2) is 9.89. The highest BCUT2D eigenvalue weighted by molar-refractivity contribution is 6.35. The normalized spacial score (nSPS) is 26.9. The van der Waals surface area contributed by atoms with Gasteiger partial charge in [-0.1, -0.05) is 42.1 Å². The van der Waals surface area contributed by atoms with Crippen LogP contribution in [0, 0.1) is 5.92 Å². The number of anilines is 1. The van der Waals surface area contributed by atoms with E-state index in [-0.39, 0.29) is 33.8 Å². The second-order valence-corrected chi connectivity index (χ2v) is 12.5. The Kier molecular flexibility index (Phi) is 6.88. The lowest BCUT2D eigenvalue weighted by Gasteiger charge is -2.55. The van der Waals surface area contributed by atoms with E-state index in [0.29, 0.717) is 24.2 Å². The predicted octanol–water partition coefficient (Wildman–Crippen LogP) is 5.88. The zero-order chi connectivity index (χ0) is 28.6. The molecule has 4 aliphatic rings. The maximum atomic E-state index is 14.4. The molecule has 214 valence electrons. The number of nitrogens with two attached hydrogens (primary N) is 1. The number of rotatable bonds is 7. The van der Waals surface area contributed by atoms with Crippen LogP contribution in [0.2, 0.25) is 10.0 Å². The molecule has 0 radical (unpaired) electrons. The molecule has 2 aromatic carbocycles. The Hall–Kier alpha value is -2.33. The highest BCUT2D eigenvalue weighted by Crippen LogP contribution is 2.53. The fourth-order valence-electron chi connectivity index (χ4n) is 6.83. The molecule has 3 fully saturated rings. The lowest BCUT2D eigenvalue weighted by molar-refractivity contribution is -0.142. The van der Waals surface area contributed by atoms with E-state index < -0.39 is 40.3 Å². The van der Waals surface area contributed by atoms with Crippen LogP contribution in [0.1, 0.15) is 78.4 Å². The van der Waals surface area contributed by atoms with Crippen molar-refractivity contribution in [2.24, 2.45) is 11.7 Å². The molecule has 3 aliphatic carbocycles. The third kappa shape index (κ3) is 4.40. The van der Waals surface area contributed by atoms with Gasteiger partial charge in [-0.15, -0.1) is 0 Å². The largest absolute Gasteiger partial charge is 0.416 e. The fraction of sp³-hybridized carbons (Fsp3) is 0.517. The minimum atomic E-state index is -4.99. The molecule has 6 rings (SSSR count). The number of carbonyl (C=O) groups is 2. The standard InChI is InChI=1S/C29H30Cl2F3N3O3/c30-17-7-8-21(23(31)13-17)28(40)25-22(29(32,33)34)11-16(26(35)38)12-24(25)36(27(28)39)14-15-9-20(10-15)37(18-3-1-4-18)19-5-2-6-19/h7-8,11-13,15,18-20,40H,1-6,9-10,14H2,(H2,35,38). The third-order valence-electron chi connectivity index (χ3n) is 9.30. The molecule has 3 saturated carbocycles. The van der Waals surface area contributed by atoms with Crippen molar-refractivity contribution >= 4 is 40.7 Å². The Balaban J connectivity index is 1.38.